The Morgan fingerprint density at radius 1 is 1.24 bits per heavy atom. The summed E-state index contributed by atoms with van der Waals surface area (Å²) < 4.78 is 11.3. The largest absolute Gasteiger partial charge is 0.490 e. The van der Waals surface area contributed by atoms with Crippen molar-refractivity contribution in [2.24, 2.45) is 0 Å². The minimum atomic E-state index is -0.974. The second kappa shape index (κ2) is 12.0. The topological polar surface area (TPSA) is 133 Å². The number of amides is 2. The Labute approximate surface area is 240 Å². The van der Waals surface area contributed by atoms with Gasteiger partial charge in [-0.2, -0.15) is 10.2 Å². The molecule has 0 fully saturated rings. The average Bonchev–Trinajstić information content (AvgIpc) is 3.40. The fourth-order valence-electron chi connectivity index (χ4n) is 5.12. The third-order valence-electron chi connectivity index (χ3n) is 7.23. The number of carbonyl (C=O) groups is 2. The molecule has 10 nitrogen and oxygen atoms in total. The fourth-order valence-corrected chi connectivity index (χ4v) is 5.12. The number of ether oxygens (including phenoxy) is 1. The Balaban J connectivity index is 1.45. The van der Waals surface area contributed by atoms with Crippen LogP contribution in [0.3, 0.4) is 0 Å². The summed E-state index contributed by atoms with van der Waals surface area (Å²) in [6.07, 6.45) is 0.460. The highest BCUT2D eigenvalue weighted by Gasteiger charge is 2.27. The van der Waals surface area contributed by atoms with Crippen LogP contribution in [0, 0.1) is 18.3 Å². The molecular weight excluding hydrogens is 522 g/mol. The van der Waals surface area contributed by atoms with E-state index in [9.17, 15) is 20.0 Å². The lowest BCUT2D eigenvalue weighted by Gasteiger charge is -2.34. The maximum Gasteiger partial charge on any atom is 0.407 e. The van der Waals surface area contributed by atoms with Gasteiger partial charge in [0.2, 0.25) is 11.7 Å². The highest BCUT2D eigenvalue weighted by atomic mass is 16.5. The van der Waals surface area contributed by atoms with Crippen molar-refractivity contribution < 1.29 is 24.0 Å². The Morgan fingerprint density at radius 3 is 2.66 bits per heavy atom. The summed E-state index contributed by atoms with van der Waals surface area (Å²) in [7, 11) is 0. The van der Waals surface area contributed by atoms with Gasteiger partial charge in [-0.25, -0.2) is 4.79 Å². The summed E-state index contributed by atoms with van der Waals surface area (Å²) in [6, 6.07) is 11.3. The van der Waals surface area contributed by atoms with Crippen molar-refractivity contribution in [1.29, 1.82) is 5.26 Å². The van der Waals surface area contributed by atoms with Crippen LogP contribution in [0.4, 0.5) is 4.79 Å². The zero-order valence-electron chi connectivity index (χ0n) is 24.5. The van der Waals surface area contributed by atoms with E-state index in [-0.39, 0.29) is 12.0 Å². The summed E-state index contributed by atoms with van der Waals surface area (Å²) in [5.41, 5.74) is 4.67. The predicted molar refractivity (Wildman–Crippen MR) is 153 cm³/mol. The van der Waals surface area contributed by atoms with Crippen molar-refractivity contribution in [3.63, 3.8) is 0 Å². The molecule has 3 aromatic rings. The molecule has 1 N–H and O–H groups in total. The van der Waals surface area contributed by atoms with Gasteiger partial charge in [0.05, 0.1) is 11.7 Å². The minimum absolute atomic E-state index is 0.0287. The second-order valence-electron chi connectivity index (χ2n) is 11.6. The standard InChI is InChI=1S/C31H37N5O5/c1-19(2)40-26-12-10-21(16-23(26)17-32)29-33-28(34-41-29)25-11-9-22-18-35(15-13-24(22)20(25)3)27(37)8-7-14-36(30(38)39)31(4,5)6/h9-12,16,19H,7-8,13-15,18H2,1-6H3,(H,38,39). The van der Waals surface area contributed by atoms with Crippen LogP contribution in [0.1, 0.15) is 69.7 Å². The number of nitrogens with zero attached hydrogens (tertiary/aromatic N) is 5. The van der Waals surface area contributed by atoms with E-state index in [4.69, 9.17) is 9.26 Å². The molecule has 2 aromatic carbocycles. The number of aromatic nitrogens is 2. The third-order valence-corrected chi connectivity index (χ3v) is 7.23. The Kier molecular flexibility index (Phi) is 8.66. The van der Waals surface area contributed by atoms with Gasteiger partial charge in [0.15, 0.2) is 0 Å². The molecule has 0 atom stereocenters. The van der Waals surface area contributed by atoms with Crippen LogP contribution in [0.15, 0.2) is 34.9 Å². The average molecular weight is 560 g/mol. The van der Waals surface area contributed by atoms with E-state index in [1.165, 1.54) is 10.5 Å². The quantitative estimate of drug-likeness (QED) is 0.365. The predicted octanol–water partition coefficient (Wildman–Crippen LogP) is 5.81. The van der Waals surface area contributed by atoms with Crippen LogP contribution in [0.2, 0.25) is 0 Å². The van der Waals surface area contributed by atoms with Crippen LogP contribution in [-0.4, -0.2) is 61.8 Å². The molecule has 10 heteroatoms. The van der Waals surface area contributed by atoms with Crippen LogP contribution in [0.25, 0.3) is 22.8 Å². The molecule has 41 heavy (non-hydrogen) atoms. The second-order valence-corrected chi connectivity index (χ2v) is 11.6. The lowest BCUT2D eigenvalue weighted by atomic mass is 9.91. The van der Waals surface area contributed by atoms with Gasteiger partial charge in [0, 0.05) is 42.7 Å². The molecule has 2 amide bonds. The van der Waals surface area contributed by atoms with Gasteiger partial charge < -0.3 is 24.2 Å². The zero-order chi connectivity index (χ0) is 29.9. The summed E-state index contributed by atoms with van der Waals surface area (Å²) in [5, 5.41) is 23.2. The van der Waals surface area contributed by atoms with E-state index in [1.807, 2.05) is 58.6 Å². The van der Waals surface area contributed by atoms with E-state index in [0.29, 0.717) is 67.5 Å². The summed E-state index contributed by atoms with van der Waals surface area (Å²) in [6.45, 7) is 12.8. The molecule has 0 unspecified atom stereocenters. The lowest BCUT2D eigenvalue weighted by Crippen LogP contribution is -2.45. The Bertz CT molecular complexity index is 1480. The first-order chi connectivity index (χ1) is 19.4. The van der Waals surface area contributed by atoms with Gasteiger partial charge in [0.1, 0.15) is 11.8 Å². The third kappa shape index (κ3) is 6.68. The van der Waals surface area contributed by atoms with Gasteiger partial charge in [0.25, 0.3) is 5.89 Å². The number of hydrogen-bond acceptors (Lipinski definition) is 7. The molecule has 0 radical (unpaired) electrons. The number of carbonyl (C=O) groups excluding carboxylic acids is 1. The molecule has 0 bridgehead atoms. The number of rotatable bonds is 8. The normalized spacial score (nSPS) is 13.1. The number of nitriles is 1. The molecule has 1 aliphatic heterocycles. The molecule has 0 spiro atoms. The molecule has 1 aliphatic rings. The first kappa shape index (κ1) is 29.6. The van der Waals surface area contributed by atoms with Crippen LogP contribution < -0.4 is 4.74 Å². The summed E-state index contributed by atoms with van der Waals surface area (Å²) in [5.74, 6) is 1.31. The van der Waals surface area contributed by atoms with Crippen LogP contribution >= 0.6 is 0 Å². The number of carboxylic acid groups (broad SMARTS) is 1. The van der Waals surface area contributed by atoms with Gasteiger partial charge in [-0.15, -0.1) is 0 Å². The number of benzene rings is 2. The minimum Gasteiger partial charge on any atom is -0.490 e. The smallest absolute Gasteiger partial charge is 0.407 e. The maximum absolute atomic E-state index is 12.9. The van der Waals surface area contributed by atoms with E-state index in [1.54, 1.807) is 18.2 Å². The molecule has 1 aromatic heterocycles. The van der Waals surface area contributed by atoms with Gasteiger partial charge >= 0.3 is 6.09 Å². The van der Waals surface area contributed by atoms with E-state index in [0.717, 1.165) is 16.7 Å². The highest BCUT2D eigenvalue weighted by molar-refractivity contribution is 5.77. The van der Waals surface area contributed by atoms with Gasteiger partial charge in [-0.05, 0) is 89.3 Å². The first-order valence-electron chi connectivity index (χ1n) is 13.8. The molecule has 2 heterocycles. The zero-order valence-corrected chi connectivity index (χ0v) is 24.5. The lowest BCUT2D eigenvalue weighted by molar-refractivity contribution is -0.132. The number of hydrogen-bond donors (Lipinski definition) is 1. The molecule has 216 valence electrons. The number of fused-ring (bicyclic) bond motifs is 1. The molecular formula is C31H37N5O5. The van der Waals surface area contributed by atoms with Crippen molar-refractivity contribution >= 4 is 12.0 Å². The fraction of sp³-hybridized carbons (Fsp3) is 0.452. The molecule has 0 saturated carbocycles. The SMILES string of the molecule is Cc1c(-c2noc(-c3ccc(OC(C)C)c(C#N)c3)n2)ccc2c1CCN(C(=O)CCCN(C(=O)O)C(C)(C)C)C2. The van der Waals surface area contributed by atoms with Crippen LogP contribution in [-0.2, 0) is 17.8 Å². The molecule has 0 aliphatic carbocycles. The van der Waals surface area contributed by atoms with Crippen molar-refractivity contribution in [3.05, 3.63) is 52.6 Å². The van der Waals surface area contributed by atoms with Crippen molar-refractivity contribution in [2.45, 2.75) is 79.0 Å². The first-order valence-corrected chi connectivity index (χ1v) is 13.8. The van der Waals surface area contributed by atoms with Gasteiger partial charge in [-0.1, -0.05) is 17.3 Å². The summed E-state index contributed by atoms with van der Waals surface area (Å²) >= 11 is 0. The Hall–Kier alpha value is -4.39. The highest BCUT2D eigenvalue weighted by Crippen LogP contribution is 2.32. The van der Waals surface area contributed by atoms with Crippen LogP contribution in [0.5, 0.6) is 5.75 Å². The molecule has 0 saturated heterocycles. The van der Waals surface area contributed by atoms with Gasteiger partial charge in [-0.3, -0.25) is 4.79 Å². The monoisotopic (exact) mass is 559 g/mol. The van der Waals surface area contributed by atoms with E-state index in [2.05, 4.69) is 16.2 Å². The van der Waals surface area contributed by atoms with Crippen molar-refractivity contribution in [1.82, 2.24) is 19.9 Å². The molecule has 4 rings (SSSR count). The van der Waals surface area contributed by atoms with E-state index < -0.39 is 11.6 Å². The van der Waals surface area contributed by atoms with Crippen molar-refractivity contribution in [2.75, 3.05) is 13.1 Å². The Morgan fingerprint density at radius 2 is 2.00 bits per heavy atom. The van der Waals surface area contributed by atoms with Crippen molar-refractivity contribution in [3.8, 4) is 34.7 Å². The maximum atomic E-state index is 12.9. The van der Waals surface area contributed by atoms with E-state index >= 15 is 0 Å². The summed E-state index contributed by atoms with van der Waals surface area (Å²) in [4.78, 5) is 32.3.